The molecule has 1 aliphatic carbocycles. The third-order valence-corrected chi connectivity index (χ3v) is 3.06. The van der Waals surface area contributed by atoms with E-state index in [1.54, 1.807) is 0 Å². The van der Waals surface area contributed by atoms with Gasteiger partial charge in [-0.25, -0.2) is 0 Å². The van der Waals surface area contributed by atoms with Gasteiger partial charge in [0.2, 0.25) is 5.91 Å². The van der Waals surface area contributed by atoms with Crippen molar-refractivity contribution < 1.29 is 4.79 Å². The zero-order chi connectivity index (χ0) is 9.97. The summed E-state index contributed by atoms with van der Waals surface area (Å²) in [5, 5.41) is 2.76. The smallest absolute Gasteiger partial charge is 0.222 e. The van der Waals surface area contributed by atoms with Crippen LogP contribution in [0.25, 0.3) is 0 Å². The van der Waals surface area contributed by atoms with Crippen molar-refractivity contribution in [1.82, 2.24) is 5.32 Å². The molecule has 2 rings (SSSR count). The molecule has 2 aliphatic rings. The minimum absolute atomic E-state index is 0.0862. The Balaban J connectivity index is 1.92. The van der Waals surface area contributed by atoms with Gasteiger partial charge in [0, 0.05) is 12.5 Å². The highest BCUT2D eigenvalue weighted by Gasteiger charge is 2.23. The summed E-state index contributed by atoms with van der Waals surface area (Å²) in [6.07, 6.45) is 5.38. The number of amides is 1. The van der Waals surface area contributed by atoms with Crippen molar-refractivity contribution in [3.8, 4) is 0 Å². The fourth-order valence-corrected chi connectivity index (χ4v) is 2.22. The first-order chi connectivity index (χ1) is 6.75. The summed E-state index contributed by atoms with van der Waals surface area (Å²) in [5.74, 6) is 1.34. The first-order valence-electron chi connectivity index (χ1n) is 5.35. The Kier molecular flexibility index (Phi) is 2.70. The normalized spacial score (nSPS) is 29.6. The minimum Gasteiger partial charge on any atom is -0.387 e. The molecule has 14 heavy (non-hydrogen) atoms. The largest absolute Gasteiger partial charge is 0.387 e. The second-order valence-electron chi connectivity index (χ2n) is 4.20. The fourth-order valence-electron chi connectivity index (χ4n) is 2.22. The van der Waals surface area contributed by atoms with Crippen molar-refractivity contribution >= 4 is 11.7 Å². The molecule has 0 aromatic rings. The molecule has 1 heterocycles. The van der Waals surface area contributed by atoms with E-state index < -0.39 is 0 Å². The van der Waals surface area contributed by atoms with Crippen LogP contribution < -0.4 is 11.1 Å². The number of carbonyl (C=O) groups is 1. The van der Waals surface area contributed by atoms with E-state index in [9.17, 15) is 4.79 Å². The van der Waals surface area contributed by atoms with E-state index in [-0.39, 0.29) is 11.9 Å². The molecule has 0 bridgehead atoms. The van der Waals surface area contributed by atoms with Crippen LogP contribution in [-0.2, 0) is 4.79 Å². The molecule has 0 radical (unpaired) electrons. The summed E-state index contributed by atoms with van der Waals surface area (Å²) >= 11 is 0. The van der Waals surface area contributed by atoms with Crippen LogP contribution in [0.1, 0.15) is 32.1 Å². The van der Waals surface area contributed by atoms with E-state index in [1.165, 1.54) is 25.7 Å². The number of nitrogens with two attached hydrogens (primary N) is 1. The molecule has 1 atom stereocenters. The molecule has 1 amide bonds. The Hall–Kier alpha value is -1.06. The third-order valence-electron chi connectivity index (χ3n) is 3.06. The maximum Gasteiger partial charge on any atom is 0.222 e. The number of hydrogen-bond donors (Lipinski definition) is 2. The van der Waals surface area contributed by atoms with Gasteiger partial charge in [-0.2, -0.15) is 0 Å². The highest BCUT2D eigenvalue weighted by molar-refractivity contribution is 5.84. The van der Waals surface area contributed by atoms with Crippen LogP contribution >= 0.6 is 0 Å². The third kappa shape index (κ3) is 2.05. The maximum atomic E-state index is 10.9. The number of nitrogens with zero attached hydrogens (tertiary/aromatic N) is 1. The van der Waals surface area contributed by atoms with Gasteiger partial charge in [0.25, 0.3) is 0 Å². The van der Waals surface area contributed by atoms with Gasteiger partial charge in [-0.05, 0) is 12.8 Å². The highest BCUT2D eigenvalue weighted by Crippen LogP contribution is 2.25. The van der Waals surface area contributed by atoms with E-state index in [0.717, 1.165) is 5.84 Å². The van der Waals surface area contributed by atoms with Gasteiger partial charge in [0.1, 0.15) is 0 Å². The average Bonchev–Trinajstić information content (AvgIpc) is 2.75. The molecule has 1 aliphatic heterocycles. The van der Waals surface area contributed by atoms with Crippen molar-refractivity contribution in [2.75, 3.05) is 6.54 Å². The van der Waals surface area contributed by atoms with E-state index in [1.807, 2.05) is 0 Å². The van der Waals surface area contributed by atoms with Gasteiger partial charge in [0.05, 0.1) is 18.3 Å². The van der Waals surface area contributed by atoms with Crippen molar-refractivity contribution in [3.05, 3.63) is 0 Å². The van der Waals surface area contributed by atoms with E-state index in [4.69, 9.17) is 5.73 Å². The molecule has 0 aromatic carbocycles. The SMILES string of the molecule is NC(=NC1CNC(=O)C1)C1CCCC1. The Morgan fingerprint density at radius 3 is 2.71 bits per heavy atom. The summed E-state index contributed by atoms with van der Waals surface area (Å²) in [4.78, 5) is 15.4. The van der Waals surface area contributed by atoms with Crippen LogP contribution in [0.4, 0.5) is 0 Å². The standard InChI is InChI=1S/C10H17N3O/c11-10(7-3-1-2-4-7)13-8-5-9(14)12-6-8/h7-8H,1-6H2,(H2,11,13)(H,12,14). The lowest BCUT2D eigenvalue weighted by atomic mass is 10.1. The maximum absolute atomic E-state index is 10.9. The number of carbonyl (C=O) groups excluding carboxylic acids is 1. The van der Waals surface area contributed by atoms with E-state index >= 15 is 0 Å². The molecule has 3 N–H and O–H groups in total. The predicted molar refractivity (Wildman–Crippen MR) is 55.0 cm³/mol. The fraction of sp³-hybridized carbons (Fsp3) is 0.800. The topological polar surface area (TPSA) is 67.5 Å². The quantitative estimate of drug-likeness (QED) is 0.495. The summed E-state index contributed by atoms with van der Waals surface area (Å²) in [6, 6.07) is 0.0862. The first kappa shape index (κ1) is 9.49. The Labute approximate surface area is 84.0 Å². The van der Waals surface area contributed by atoms with E-state index in [0.29, 0.717) is 18.9 Å². The van der Waals surface area contributed by atoms with Crippen LogP contribution in [0, 0.1) is 5.92 Å². The van der Waals surface area contributed by atoms with Crippen molar-refractivity contribution in [3.63, 3.8) is 0 Å². The lowest BCUT2D eigenvalue weighted by molar-refractivity contribution is -0.119. The molecule has 0 spiro atoms. The number of nitrogens with one attached hydrogen (secondary N) is 1. The number of amidine groups is 1. The molecular formula is C10H17N3O. The summed E-state index contributed by atoms with van der Waals surface area (Å²) in [5.41, 5.74) is 5.92. The average molecular weight is 195 g/mol. The van der Waals surface area contributed by atoms with Gasteiger partial charge in [-0.15, -0.1) is 0 Å². The van der Waals surface area contributed by atoms with Gasteiger partial charge >= 0.3 is 0 Å². The minimum atomic E-state index is 0.0862. The van der Waals surface area contributed by atoms with Gasteiger partial charge in [-0.3, -0.25) is 9.79 Å². The predicted octanol–water partition coefficient (Wildman–Crippen LogP) is 0.422. The van der Waals surface area contributed by atoms with Crippen molar-refractivity contribution in [2.45, 2.75) is 38.1 Å². The first-order valence-corrected chi connectivity index (χ1v) is 5.35. The molecule has 1 saturated carbocycles. The lowest BCUT2D eigenvalue weighted by Crippen LogP contribution is -2.25. The monoisotopic (exact) mass is 195 g/mol. The molecule has 2 fully saturated rings. The molecule has 4 nitrogen and oxygen atoms in total. The highest BCUT2D eigenvalue weighted by atomic mass is 16.1. The second kappa shape index (κ2) is 3.98. The molecule has 1 unspecified atom stereocenters. The molecule has 0 aromatic heterocycles. The Morgan fingerprint density at radius 2 is 2.14 bits per heavy atom. The van der Waals surface area contributed by atoms with Gasteiger partial charge in [-0.1, -0.05) is 12.8 Å². The number of hydrogen-bond acceptors (Lipinski definition) is 2. The van der Waals surface area contributed by atoms with Crippen molar-refractivity contribution in [1.29, 1.82) is 0 Å². The molecular weight excluding hydrogens is 178 g/mol. The van der Waals surface area contributed by atoms with Crippen LogP contribution in [-0.4, -0.2) is 24.3 Å². The van der Waals surface area contributed by atoms with Crippen LogP contribution in [0.3, 0.4) is 0 Å². The summed E-state index contributed by atoms with van der Waals surface area (Å²) in [6.45, 7) is 0.659. The molecule has 1 saturated heterocycles. The molecule has 78 valence electrons. The van der Waals surface area contributed by atoms with Crippen LogP contribution in [0.15, 0.2) is 4.99 Å². The van der Waals surface area contributed by atoms with Gasteiger partial charge in [0.15, 0.2) is 0 Å². The summed E-state index contributed by atoms with van der Waals surface area (Å²) < 4.78 is 0. The number of aliphatic imine (C=N–C) groups is 1. The van der Waals surface area contributed by atoms with E-state index in [2.05, 4.69) is 10.3 Å². The summed E-state index contributed by atoms with van der Waals surface area (Å²) in [7, 11) is 0. The lowest BCUT2D eigenvalue weighted by Gasteiger charge is -2.10. The number of rotatable bonds is 2. The zero-order valence-corrected chi connectivity index (χ0v) is 8.33. The second-order valence-corrected chi connectivity index (χ2v) is 4.20. The van der Waals surface area contributed by atoms with Crippen LogP contribution in [0.5, 0.6) is 0 Å². The van der Waals surface area contributed by atoms with Gasteiger partial charge < -0.3 is 11.1 Å². The molecule has 4 heteroatoms. The zero-order valence-electron chi connectivity index (χ0n) is 8.33. The Bertz CT molecular complexity index is 256. The Morgan fingerprint density at radius 1 is 1.43 bits per heavy atom. The van der Waals surface area contributed by atoms with Crippen molar-refractivity contribution in [2.24, 2.45) is 16.6 Å². The van der Waals surface area contributed by atoms with Crippen LogP contribution in [0.2, 0.25) is 0 Å².